The van der Waals surface area contributed by atoms with E-state index in [2.05, 4.69) is 21.8 Å². The molecule has 0 amide bonds. The van der Waals surface area contributed by atoms with Gasteiger partial charge in [0.05, 0.1) is 17.9 Å². The molecule has 0 radical (unpaired) electrons. The first-order valence-electron chi connectivity index (χ1n) is 7.56. The van der Waals surface area contributed by atoms with Crippen LogP contribution in [0.3, 0.4) is 0 Å². The molecule has 2 N–H and O–H groups in total. The zero-order valence-electron chi connectivity index (χ0n) is 13.0. The highest BCUT2D eigenvalue weighted by Gasteiger charge is 2.29. The first-order valence-corrected chi connectivity index (χ1v) is 7.56. The number of carbonyl (C=O) groups is 1. The Morgan fingerprint density at radius 2 is 2.33 bits per heavy atom. The van der Waals surface area contributed by atoms with E-state index < -0.39 is 0 Å². The van der Waals surface area contributed by atoms with E-state index in [1.807, 2.05) is 6.92 Å². The SMILES string of the molecule is CCOC(=O)c1cnc(N2CCCC(C)C2CN)nc1C. The lowest BCUT2D eigenvalue weighted by molar-refractivity contribution is 0.0524. The molecule has 1 aromatic rings. The van der Waals surface area contributed by atoms with Gasteiger partial charge in [0, 0.05) is 25.3 Å². The summed E-state index contributed by atoms with van der Waals surface area (Å²) in [5.74, 6) is 0.809. The van der Waals surface area contributed by atoms with Crippen LogP contribution in [0.4, 0.5) is 5.95 Å². The number of hydrogen-bond donors (Lipinski definition) is 1. The topological polar surface area (TPSA) is 81.3 Å². The van der Waals surface area contributed by atoms with Crippen molar-refractivity contribution in [2.24, 2.45) is 11.7 Å². The van der Waals surface area contributed by atoms with E-state index in [1.165, 1.54) is 6.42 Å². The summed E-state index contributed by atoms with van der Waals surface area (Å²) in [6.45, 7) is 7.64. The molecular weight excluding hydrogens is 268 g/mol. The van der Waals surface area contributed by atoms with Crippen molar-refractivity contribution in [1.82, 2.24) is 9.97 Å². The van der Waals surface area contributed by atoms with Crippen LogP contribution in [-0.2, 0) is 4.74 Å². The molecule has 0 aliphatic carbocycles. The molecule has 2 rings (SSSR count). The van der Waals surface area contributed by atoms with Crippen LogP contribution in [0.2, 0.25) is 0 Å². The van der Waals surface area contributed by atoms with Gasteiger partial charge in [0.1, 0.15) is 0 Å². The number of esters is 1. The molecule has 6 nitrogen and oxygen atoms in total. The standard InChI is InChI=1S/C15H24N4O2/c1-4-21-14(20)12-9-17-15(18-11(12)3)19-7-5-6-10(2)13(19)8-16/h9-10,13H,4-8,16H2,1-3H3. The highest BCUT2D eigenvalue weighted by molar-refractivity contribution is 5.90. The summed E-state index contributed by atoms with van der Waals surface area (Å²) in [5, 5.41) is 0. The number of ether oxygens (including phenoxy) is 1. The van der Waals surface area contributed by atoms with Crippen LogP contribution in [0.1, 0.15) is 42.7 Å². The van der Waals surface area contributed by atoms with Crippen LogP contribution in [0.15, 0.2) is 6.20 Å². The first-order chi connectivity index (χ1) is 10.1. The van der Waals surface area contributed by atoms with Gasteiger partial charge < -0.3 is 15.4 Å². The molecule has 116 valence electrons. The Balaban J connectivity index is 2.24. The number of anilines is 1. The molecule has 1 aliphatic rings. The normalized spacial score (nSPS) is 22.2. The van der Waals surface area contributed by atoms with Gasteiger partial charge in [-0.05, 0) is 32.6 Å². The summed E-state index contributed by atoms with van der Waals surface area (Å²) in [4.78, 5) is 22.8. The quantitative estimate of drug-likeness (QED) is 0.847. The predicted molar refractivity (Wildman–Crippen MR) is 81.3 cm³/mol. The van der Waals surface area contributed by atoms with Crippen LogP contribution >= 0.6 is 0 Å². The van der Waals surface area contributed by atoms with Gasteiger partial charge in [-0.2, -0.15) is 0 Å². The summed E-state index contributed by atoms with van der Waals surface area (Å²) in [7, 11) is 0. The van der Waals surface area contributed by atoms with Gasteiger partial charge in [-0.15, -0.1) is 0 Å². The van der Waals surface area contributed by atoms with Crippen LogP contribution in [-0.4, -0.2) is 41.7 Å². The Hall–Kier alpha value is -1.69. The van der Waals surface area contributed by atoms with E-state index in [-0.39, 0.29) is 12.0 Å². The van der Waals surface area contributed by atoms with Gasteiger partial charge in [-0.25, -0.2) is 14.8 Å². The van der Waals surface area contributed by atoms with Gasteiger partial charge >= 0.3 is 5.97 Å². The molecule has 0 spiro atoms. The lowest BCUT2D eigenvalue weighted by Crippen LogP contribution is -2.49. The molecule has 0 aromatic carbocycles. The molecule has 1 aromatic heterocycles. The Labute approximate surface area is 125 Å². The Kier molecular flexibility index (Phi) is 5.12. The number of piperidine rings is 1. The van der Waals surface area contributed by atoms with Crippen LogP contribution < -0.4 is 10.6 Å². The van der Waals surface area contributed by atoms with Crippen molar-refractivity contribution in [3.05, 3.63) is 17.5 Å². The number of nitrogens with two attached hydrogens (primary N) is 1. The second-order valence-electron chi connectivity index (χ2n) is 5.51. The molecule has 2 atom stereocenters. The van der Waals surface area contributed by atoms with Crippen molar-refractivity contribution >= 4 is 11.9 Å². The van der Waals surface area contributed by atoms with Gasteiger partial charge in [0.25, 0.3) is 0 Å². The van der Waals surface area contributed by atoms with Crippen molar-refractivity contribution in [2.45, 2.75) is 39.7 Å². The molecule has 2 unspecified atom stereocenters. The van der Waals surface area contributed by atoms with E-state index in [1.54, 1.807) is 13.1 Å². The fourth-order valence-electron chi connectivity index (χ4n) is 2.86. The lowest BCUT2D eigenvalue weighted by Gasteiger charge is -2.39. The number of aryl methyl sites for hydroxylation is 1. The third kappa shape index (κ3) is 3.32. The van der Waals surface area contributed by atoms with Gasteiger partial charge in [-0.3, -0.25) is 0 Å². The summed E-state index contributed by atoms with van der Waals surface area (Å²) in [5.41, 5.74) is 6.98. The van der Waals surface area contributed by atoms with E-state index in [0.717, 1.165) is 13.0 Å². The maximum Gasteiger partial charge on any atom is 0.341 e. The van der Waals surface area contributed by atoms with E-state index in [0.29, 0.717) is 36.3 Å². The number of nitrogens with zero attached hydrogens (tertiary/aromatic N) is 3. The van der Waals surface area contributed by atoms with E-state index in [9.17, 15) is 4.79 Å². The summed E-state index contributed by atoms with van der Waals surface area (Å²) < 4.78 is 5.00. The molecule has 0 bridgehead atoms. The fraction of sp³-hybridized carbons (Fsp3) is 0.667. The Bertz CT molecular complexity index is 506. The highest BCUT2D eigenvalue weighted by Crippen LogP contribution is 2.26. The smallest absolute Gasteiger partial charge is 0.341 e. The monoisotopic (exact) mass is 292 g/mol. The number of rotatable bonds is 4. The average molecular weight is 292 g/mol. The third-order valence-electron chi connectivity index (χ3n) is 4.08. The van der Waals surface area contributed by atoms with Gasteiger partial charge in [0.15, 0.2) is 0 Å². The van der Waals surface area contributed by atoms with Gasteiger partial charge in [0.2, 0.25) is 5.95 Å². The van der Waals surface area contributed by atoms with Crippen LogP contribution in [0, 0.1) is 12.8 Å². The predicted octanol–water partition coefficient (Wildman–Crippen LogP) is 1.53. The Morgan fingerprint density at radius 1 is 1.57 bits per heavy atom. The van der Waals surface area contributed by atoms with Crippen molar-refractivity contribution in [1.29, 1.82) is 0 Å². The highest BCUT2D eigenvalue weighted by atomic mass is 16.5. The zero-order valence-corrected chi connectivity index (χ0v) is 13.0. The molecular formula is C15H24N4O2. The van der Waals surface area contributed by atoms with Crippen LogP contribution in [0.25, 0.3) is 0 Å². The minimum Gasteiger partial charge on any atom is -0.462 e. The van der Waals surface area contributed by atoms with Crippen molar-refractivity contribution in [2.75, 3.05) is 24.6 Å². The second kappa shape index (κ2) is 6.85. The maximum absolute atomic E-state index is 11.8. The van der Waals surface area contributed by atoms with Crippen molar-refractivity contribution in [3.63, 3.8) is 0 Å². The molecule has 6 heteroatoms. The minimum absolute atomic E-state index is 0.256. The largest absolute Gasteiger partial charge is 0.462 e. The summed E-state index contributed by atoms with van der Waals surface area (Å²) in [6.07, 6.45) is 3.85. The zero-order chi connectivity index (χ0) is 15.4. The fourth-order valence-corrected chi connectivity index (χ4v) is 2.86. The first kappa shape index (κ1) is 15.7. The molecule has 1 saturated heterocycles. The minimum atomic E-state index is -0.371. The van der Waals surface area contributed by atoms with Crippen LogP contribution in [0.5, 0.6) is 0 Å². The molecule has 21 heavy (non-hydrogen) atoms. The number of aromatic nitrogens is 2. The van der Waals surface area contributed by atoms with E-state index in [4.69, 9.17) is 10.5 Å². The van der Waals surface area contributed by atoms with Crippen molar-refractivity contribution < 1.29 is 9.53 Å². The lowest BCUT2D eigenvalue weighted by atomic mass is 9.91. The molecule has 0 saturated carbocycles. The number of carbonyl (C=O) groups excluding carboxylic acids is 1. The summed E-state index contributed by atoms with van der Waals surface area (Å²) >= 11 is 0. The molecule has 1 aliphatic heterocycles. The Morgan fingerprint density at radius 3 is 2.95 bits per heavy atom. The molecule has 1 fully saturated rings. The van der Waals surface area contributed by atoms with Crippen molar-refractivity contribution in [3.8, 4) is 0 Å². The number of hydrogen-bond acceptors (Lipinski definition) is 6. The maximum atomic E-state index is 11.8. The summed E-state index contributed by atoms with van der Waals surface area (Å²) in [6, 6.07) is 0.256. The average Bonchev–Trinajstić information content (AvgIpc) is 2.47. The molecule has 2 heterocycles. The van der Waals surface area contributed by atoms with Gasteiger partial charge in [-0.1, -0.05) is 6.92 Å². The third-order valence-corrected chi connectivity index (χ3v) is 4.08. The second-order valence-corrected chi connectivity index (χ2v) is 5.51. The van der Waals surface area contributed by atoms with E-state index >= 15 is 0 Å².